The summed E-state index contributed by atoms with van der Waals surface area (Å²) in [5.74, 6) is 1.19. The van der Waals surface area contributed by atoms with Gasteiger partial charge in [0.25, 0.3) is 5.89 Å². The van der Waals surface area contributed by atoms with Crippen LogP contribution >= 0.6 is 0 Å². The average molecular weight is 332 g/mol. The van der Waals surface area contributed by atoms with Gasteiger partial charge in [0.1, 0.15) is 0 Å². The van der Waals surface area contributed by atoms with Gasteiger partial charge in [-0.1, -0.05) is 37.2 Å². The molecule has 130 valence electrons. The summed E-state index contributed by atoms with van der Waals surface area (Å²) in [4.78, 5) is 16.3. The Balaban J connectivity index is 1.93. The Bertz CT molecular complexity index is 642. The minimum atomic E-state index is -0.412. The average Bonchev–Trinajstić information content (AvgIpc) is 3.04. The van der Waals surface area contributed by atoms with E-state index in [0.29, 0.717) is 24.1 Å². The Morgan fingerprint density at radius 1 is 1.21 bits per heavy atom. The van der Waals surface area contributed by atoms with E-state index in [-0.39, 0.29) is 18.7 Å². The number of aromatic nitrogens is 2. The van der Waals surface area contributed by atoms with Crippen molar-refractivity contribution in [3.05, 3.63) is 36.2 Å². The van der Waals surface area contributed by atoms with Crippen molar-refractivity contribution in [1.29, 1.82) is 0 Å². The SMILES string of the molecule is CC(C)CC(CO)NC(=O)NC(C)c1noc(-c2ccccc2)n1. The molecule has 0 fully saturated rings. The fourth-order valence-corrected chi connectivity index (χ4v) is 2.35. The zero-order valence-electron chi connectivity index (χ0n) is 14.2. The molecule has 0 aliphatic carbocycles. The van der Waals surface area contributed by atoms with Crippen LogP contribution < -0.4 is 10.6 Å². The number of urea groups is 1. The lowest BCUT2D eigenvalue weighted by atomic mass is 10.0. The van der Waals surface area contributed by atoms with Crippen LogP contribution in [0.25, 0.3) is 11.5 Å². The number of carbonyl (C=O) groups is 1. The van der Waals surface area contributed by atoms with E-state index in [9.17, 15) is 9.90 Å². The lowest BCUT2D eigenvalue weighted by Crippen LogP contribution is -2.45. The standard InChI is InChI=1S/C17H24N4O3/c1-11(2)9-14(10-22)19-17(23)18-12(3)15-20-16(24-21-15)13-7-5-4-6-8-13/h4-8,11-12,14,22H,9-10H2,1-3H3,(H2,18,19,23). The van der Waals surface area contributed by atoms with Gasteiger partial charge in [-0.2, -0.15) is 4.98 Å². The summed E-state index contributed by atoms with van der Waals surface area (Å²) in [5.41, 5.74) is 0.824. The summed E-state index contributed by atoms with van der Waals surface area (Å²) in [7, 11) is 0. The third-order valence-corrected chi connectivity index (χ3v) is 3.51. The number of nitrogens with one attached hydrogen (secondary N) is 2. The summed E-state index contributed by atoms with van der Waals surface area (Å²) in [5, 5.41) is 18.7. The molecule has 0 aliphatic rings. The smallest absolute Gasteiger partial charge is 0.315 e. The number of carbonyl (C=O) groups excluding carboxylic acids is 1. The fourth-order valence-electron chi connectivity index (χ4n) is 2.35. The van der Waals surface area contributed by atoms with Gasteiger partial charge < -0.3 is 20.3 Å². The predicted octanol–water partition coefficient (Wildman–Crippen LogP) is 2.50. The van der Waals surface area contributed by atoms with Gasteiger partial charge in [0, 0.05) is 5.56 Å². The van der Waals surface area contributed by atoms with Gasteiger partial charge in [0.15, 0.2) is 5.82 Å². The highest BCUT2D eigenvalue weighted by atomic mass is 16.5. The lowest BCUT2D eigenvalue weighted by molar-refractivity contribution is 0.204. The highest BCUT2D eigenvalue weighted by Gasteiger charge is 2.19. The first-order valence-corrected chi connectivity index (χ1v) is 8.06. The van der Waals surface area contributed by atoms with Gasteiger partial charge in [0.05, 0.1) is 18.7 Å². The number of aliphatic hydroxyl groups is 1. The van der Waals surface area contributed by atoms with Gasteiger partial charge >= 0.3 is 6.03 Å². The Labute approximate surface area is 141 Å². The van der Waals surface area contributed by atoms with Crippen molar-refractivity contribution in [2.75, 3.05) is 6.61 Å². The van der Waals surface area contributed by atoms with E-state index in [4.69, 9.17) is 4.52 Å². The summed E-state index contributed by atoms with van der Waals surface area (Å²) in [6.07, 6.45) is 0.707. The van der Waals surface area contributed by atoms with Crippen LogP contribution in [0.4, 0.5) is 4.79 Å². The Kier molecular flexibility index (Phi) is 6.31. The van der Waals surface area contributed by atoms with Gasteiger partial charge in [0.2, 0.25) is 0 Å². The first kappa shape index (κ1) is 17.9. The van der Waals surface area contributed by atoms with E-state index >= 15 is 0 Å². The van der Waals surface area contributed by atoms with Gasteiger partial charge in [-0.3, -0.25) is 0 Å². The van der Waals surface area contributed by atoms with E-state index in [1.807, 2.05) is 44.2 Å². The quantitative estimate of drug-likeness (QED) is 0.723. The van der Waals surface area contributed by atoms with Crippen molar-refractivity contribution in [3.63, 3.8) is 0 Å². The maximum atomic E-state index is 12.0. The first-order chi connectivity index (χ1) is 11.5. The van der Waals surface area contributed by atoms with Crippen molar-refractivity contribution in [3.8, 4) is 11.5 Å². The second-order valence-electron chi connectivity index (χ2n) is 6.17. The summed E-state index contributed by atoms with van der Waals surface area (Å²) in [6, 6.07) is 8.38. The molecule has 2 atom stereocenters. The van der Waals surface area contributed by atoms with Crippen LogP contribution in [0.5, 0.6) is 0 Å². The molecular weight excluding hydrogens is 308 g/mol. The zero-order chi connectivity index (χ0) is 17.5. The molecule has 0 saturated carbocycles. The van der Waals surface area contributed by atoms with Crippen molar-refractivity contribution in [2.45, 2.75) is 39.3 Å². The van der Waals surface area contributed by atoms with Crippen molar-refractivity contribution >= 4 is 6.03 Å². The molecule has 2 amide bonds. The minimum absolute atomic E-state index is 0.0969. The first-order valence-electron chi connectivity index (χ1n) is 8.06. The maximum absolute atomic E-state index is 12.0. The minimum Gasteiger partial charge on any atom is -0.394 e. The highest BCUT2D eigenvalue weighted by molar-refractivity contribution is 5.74. The van der Waals surface area contributed by atoms with Gasteiger partial charge in [-0.25, -0.2) is 4.79 Å². The van der Waals surface area contributed by atoms with Crippen LogP contribution in [0.2, 0.25) is 0 Å². The molecule has 7 nitrogen and oxygen atoms in total. The summed E-state index contributed by atoms with van der Waals surface area (Å²) in [6.45, 7) is 5.75. The Morgan fingerprint density at radius 3 is 2.54 bits per heavy atom. The van der Waals surface area contributed by atoms with Gasteiger partial charge in [-0.15, -0.1) is 0 Å². The van der Waals surface area contributed by atoms with Crippen molar-refractivity contribution in [1.82, 2.24) is 20.8 Å². The van der Waals surface area contributed by atoms with Crippen LogP contribution in [0.15, 0.2) is 34.9 Å². The molecular formula is C17H24N4O3. The second-order valence-corrected chi connectivity index (χ2v) is 6.17. The number of benzene rings is 1. The molecule has 0 aliphatic heterocycles. The maximum Gasteiger partial charge on any atom is 0.315 e. The van der Waals surface area contributed by atoms with E-state index < -0.39 is 6.04 Å². The number of amides is 2. The van der Waals surface area contributed by atoms with Crippen molar-refractivity contribution in [2.24, 2.45) is 5.92 Å². The molecule has 0 radical (unpaired) electrons. The zero-order valence-corrected chi connectivity index (χ0v) is 14.2. The van der Waals surface area contributed by atoms with Crippen LogP contribution in [-0.4, -0.2) is 33.9 Å². The molecule has 0 bridgehead atoms. The number of aliphatic hydroxyl groups excluding tert-OH is 1. The third kappa shape index (κ3) is 5.06. The predicted molar refractivity (Wildman–Crippen MR) is 90.1 cm³/mol. The Morgan fingerprint density at radius 2 is 1.92 bits per heavy atom. The molecule has 2 rings (SSSR count). The number of hydrogen-bond donors (Lipinski definition) is 3. The molecule has 1 heterocycles. The third-order valence-electron chi connectivity index (χ3n) is 3.51. The topological polar surface area (TPSA) is 100 Å². The Hall–Kier alpha value is -2.41. The molecule has 0 saturated heterocycles. The molecule has 2 aromatic rings. The van der Waals surface area contributed by atoms with Crippen LogP contribution in [0.1, 0.15) is 39.1 Å². The molecule has 1 aromatic heterocycles. The molecule has 24 heavy (non-hydrogen) atoms. The summed E-state index contributed by atoms with van der Waals surface area (Å²) >= 11 is 0. The van der Waals surface area contributed by atoms with Crippen LogP contribution in [0.3, 0.4) is 0 Å². The molecule has 1 aromatic carbocycles. The lowest BCUT2D eigenvalue weighted by Gasteiger charge is -2.19. The second kappa shape index (κ2) is 8.44. The largest absolute Gasteiger partial charge is 0.394 e. The van der Waals surface area contributed by atoms with E-state index in [0.717, 1.165) is 5.56 Å². The van der Waals surface area contributed by atoms with E-state index in [1.165, 1.54) is 0 Å². The van der Waals surface area contributed by atoms with E-state index in [1.54, 1.807) is 6.92 Å². The number of rotatable bonds is 7. The van der Waals surface area contributed by atoms with E-state index in [2.05, 4.69) is 20.8 Å². The summed E-state index contributed by atoms with van der Waals surface area (Å²) < 4.78 is 5.24. The molecule has 2 unspecified atom stereocenters. The number of hydrogen-bond acceptors (Lipinski definition) is 5. The van der Waals surface area contributed by atoms with Crippen molar-refractivity contribution < 1.29 is 14.4 Å². The van der Waals surface area contributed by atoms with Gasteiger partial charge in [-0.05, 0) is 31.4 Å². The fraction of sp³-hybridized carbons (Fsp3) is 0.471. The normalized spacial score (nSPS) is 13.5. The van der Waals surface area contributed by atoms with Crippen LogP contribution in [0, 0.1) is 5.92 Å². The molecule has 7 heteroatoms. The number of nitrogens with zero attached hydrogens (tertiary/aromatic N) is 2. The monoisotopic (exact) mass is 332 g/mol. The molecule has 0 spiro atoms. The highest BCUT2D eigenvalue weighted by Crippen LogP contribution is 2.18. The van der Waals surface area contributed by atoms with Crippen LogP contribution in [-0.2, 0) is 0 Å². The molecule has 3 N–H and O–H groups in total.